The molecule has 0 aliphatic heterocycles. The van der Waals surface area contributed by atoms with Crippen LogP contribution in [0, 0.1) is 0 Å². The van der Waals surface area contributed by atoms with Crippen LogP contribution in [0.1, 0.15) is 32.1 Å². The number of pyridine rings is 1. The lowest BCUT2D eigenvalue weighted by atomic mass is 9.85. The molecule has 1 fully saturated rings. The molecule has 4 N–H and O–H groups in total. The van der Waals surface area contributed by atoms with Crippen molar-refractivity contribution in [3.63, 3.8) is 0 Å². The number of hydrogen-bond donors (Lipinski definition) is 3. The molecule has 0 unspecified atom stereocenters. The fraction of sp³-hybridized carbons (Fsp3) is 0.583. The number of rotatable bonds is 3. The second-order valence-corrected chi connectivity index (χ2v) is 5.64. The number of aromatic nitrogens is 1. The summed E-state index contributed by atoms with van der Waals surface area (Å²) in [6, 6.07) is 1.55. The number of nitrogen functional groups attached to an aromatic ring is 1. The molecule has 6 heteroatoms. The summed E-state index contributed by atoms with van der Waals surface area (Å²) < 4.78 is 0. The standard InChI is InChI=1S/C12H17Cl2N3O/c13-8-6-9(14)11(17-10(8)15)16-7-12(18)4-2-1-3-5-12/h6,18H,1-5,7H2,(H3,15,16,17). The maximum absolute atomic E-state index is 10.4. The van der Waals surface area contributed by atoms with Gasteiger partial charge in [0.05, 0.1) is 15.6 Å². The molecule has 1 aromatic rings. The Morgan fingerprint density at radius 3 is 2.61 bits per heavy atom. The molecule has 1 heterocycles. The lowest BCUT2D eigenvalue weighted by molar-refractivity contribution is 0.0166. The van der Waals surface area contributed by atoms with E-state index in [-0.39, 0.29) is 5.82 Å². The Kier molecular flexibility index (Phi) is 4.20. The molecule has 0 spiro atoms. The van der Waals surface area contributed by atoms with Crippen molar-refractivity contribution < 1.29 is 5.11 Å². The first-order chi connectivity index (χ1) is 8.50. The highest BCUT2D eigenvalue weighted by Crippen LogP contribution is 2.31. The Morgan fingerprint density at radius 1 is 1.28 bits per heavy atom. The molecule has 0 saturated heterocycles. The lowest BCUT2D eigenvalue weighted by Crippen LogP contribution is -2.39. The molecular formula is C12H17Cl2N3O. The van der Waals surface area contributed by atoms with E-state index in [1.165, 1.54) is 6.42 Å². The Hall–Kier alpha value is -0.710. The van der Waals surface area contributed by atoms with Crippen LogP contribution in [0.2, 0.25) is 10.0 Å². The van der Waals surface area contributed by atoms with Crippen molar-refractivity contribution in [2.45, 2.75) is 37.7 Å². The molecular weight excluding hydrogens is 273 g/mol. The molecule has 2 rings (SSSR count). The summed E-state index contributed by atoms with van der Waals surface area (Å²) in [6.45, 7) is 0.431. The molecule has 0 bridgehead atoms. The minimum atomic E-state index is -0.669. The summed E-state index contributed by atoms with van der Waals surface area (Å²) in [7, 11) is 0. The van der Waals surface area contributed by atoms with Crippen molar-refractivity contribution in [2.75, 3.05) is 17.6 Å². The van der Waals surface area contributed by atoms with Crippen molar-refractivity contribution in [1.82, 2.24) is 4.98 Å². The number of halogens is 2. The van der Waals surface area contributed by atoms with Crippen molar-refractivity contribution in [3.05, 3.63) is 16.1 Å². The third-order valence-electron chi connectivity index (χ3n) is 3.33. The molecule has 100 valence electrons. The second-order valence-electron chi connectivity index (χ2n) is 4.82. The minimum absolute atomic E-state index is 0.235. The summed E-state index contributed by atoms with van der Waals surface area (Å²) in [5.41, 5.74) is 4.96. The molecule has 1 saturated carbocycles. The Bertz CT molecular complexity index is 434. The quantitative estimate of drug-likeness (QED) is 0.800. The normalized spacial score (nSPS) is 18.6. The summed E-state index contributed by atoms with van der Waals surface area (Å²) in [4.78, 5) is 4.08. The molecule has 0 radical (unpaired) electrons. The Labute approximate surface area is 116 Å². The van der Waals surface area contributed by atoms with Gasteiger partial charge in [-0.3, -0.25) is 0 Å². The first kappa shape index (κ1) is 13.7. The van der Waals surface area contributed by atoms with E-state index in [9.17, 15) is 5.11 Å². The summed E-state index contributed by atoms with van der Waals surface area (Å²) in [6.07, 6.45) is 4.92. The fourth-order valence-electron chi connectivity index (χ4n) is 2.24. The maximum atomic E-state index is 10.4. The first-order valence-electron chi connectivity index (χ1n) is 6.08. The van der Waals surface area contributed by atoms with E-state index in [0.29, 0.717) is 22.4 Å². The van der Waals surface area contributed by atoms with Gasteiger partial charge in [0.2, 0.25) is 0 Å². The van der Waals surface area contributed by atoms with Crippen LogP contribution >= 0.6 is 23.2 Å². The molecule has 1 aliphatic carbocycles. The van der Waals surface area contributed by atoms with Gasteiger partial charge in [0, 0.05) is 6.54 Å². The first-order valence-corrected chi connectivity index (χ1v) is 6.83. The van der Waals surface area contributed by atoms with Crippen LogP contribution in [0.25, 0.3) is 0 Å². The number of hydrogen-bond acceptors (Lipinski definition) is 4. The van der Waals surface area contributed by atoms with E-state index in [0.717, 1.165) is 25.7 Å². The second kappa shape index (κ2) is 5.51. The number of nitrogens with two attached hydrogens (primary N) is 1. The van der Waals surface area contributed by atoms with Gasteiger partial charge in [0.1, 0.15) is 11.6 Å². The number of anilines is 2. The highest BCUT2D eigenvalue weighted by molar-refractivity contribution is 6.37. The Balaban J connectivity index is 2.03. The molecule has 0 amide bonds. The molecule has 1 aromatic heterocycles. The van der Waals surface area contributed by atoms with Crippen LogP contribution in [0.4, 0.5) is 11.6 Å². The smallest absolute Gasteiger partial charge is 0.147 e. The predicted octanol–water partition coefficient (Wildman–Crippen LogP) is 3.08. The van der Waals surface area contributed by atoms with E-state index in [1.807, 2.05) is 0 Å². The Morgan fingerprint density at radius 2 is 1.94 bits per heavy atom. The van der Waals surface area contributed by atoms with Gasteiger partial charge >= 0.3 is 0 Å². The van der Waals surface area contributed by atoms with Gasteiger partial charge in [0.25, 0.3) is 0 Å². The van der Waals surface area contributed by atoms with Crippen LogP contribution in [0.3, 0.4) is 0 Å². The zero-order chi connectivity index (χ0) is 13.2. The summed E-state index contributed by atoms with van der Waals surface area (Å²) in [5, 5.41) is 14.2. The summed E-state index contributed by atoms with van der Waals surface area (Å²) in [5.74, 6) is 0.705. The maximum Gasteiger partial charge on any atom is 0.147 e. The SMILES string of the molecule is Nc1nc(NCC2(O)CCCCC2)c(Cl)cc1Cl. The van der Waals surface area contributed by atoms with Crippen LogP contribution in [-0.4, -0.2) is 22.2 Å². The third kappa shape index (κ3) is 3.19. The van der Waals surface area contributed by atoms with Gasteiger partial charge in [-0.1, -0.05) is 42.5 Å². The number of aliphatic hydroxyl groups is 1. The number of nitrogens with one attached hydrogen (secondary N) is 1. The largest absolute Gasteiger partial charge is 0.388 e. The average Bonchev–Trinajstić information content (AvgIpc) is 2.33. The topological polar surface area (TPSA) is 71.2 Å². The van der Waals surface area contributed by atoms with E-state index in [1.54, 1.807) is 6.07 Å². The monoisotopic (exact) mass is 289 g/mol. The van der Waals surface area contributed by atoms with Crippen molar-refractivity contribution >= 4 is 34.8 Å². The minimum Gasteiger partial charge on any atom is -0.388 e. The zero-order valence-electron chi connectivity index (χ0n) is 10.0. The van der Waals surface area contributed by atoms with Gasteiger partial charge in [-0.25, -0.2) is 4.98 Å². The highest BCUT2D eigenvalue weighted by Gasteiger charge is 2.29. The third-order valence-corrected chi connectivity index (χ3v) is 3.92. The van der Waals surface area contributed by atoms with Crippen molar-refractivity contribution in [3.8, 4) is 0 Å². The van der Waals surface area contributed by atoms with Crippen molar-refractivity contribution in [1.29, 1.82) is 0 Å². The summed E-state index contributed by atoms with van der Waals surface area (Å²) >= 11 is 11.8. The average molecular weight is 290 g/mol. The van der Waals surface area contributed by atoms with E-state index >= 15 is 0 Å². The highest BCUT2D eigenvalue weighted by atomic mass is 35.5. The van der Waals surface area contributed by atoms with E-state index < -0.39 is 5.60 Å². The van der Waals surface area contributed by atoms with Crippen LogP contribution < -0.4 is 11.1 Å². The van der Waals surface area contributed by atoms with Crippen molar-refractivity contribution in [2.24, 2.45) is 0 Å². The molecule has 18 heavy (non-hydrogen) atoms. The molecule has 1 aliphatic rings. The van der Waals surface area contributed by atoms with Gasteiger partial charge in [0.15, 0.2) is 0 Å². The van der Waals surface area contributed by atoms with Gasteiger partial charge in [-0.05, 0) is 18.9 Å². The van der Waals surface area contributed by atoms with Gasteiger partial charge < -0.3 is 16.2 Å². The lowest BCUT2D eigenvalue weighted by Gasteiger charge is -2.32. The predicted molar refractivity (Wildman–Crippen MR) is 75.2 cm³/mol. The van der Waals surface area contributed by atoms with Gasteiger partial charge in [-0.2, -0.15) is 0 Å². The van der Waals surface area contributed by atoms with Crippen LogP contribution in [0.15, 0.2) is 6.07 Å². The van der Waals surface area contributed by atoms with Gasteiger partial charge in [-0.15, -0.1) is 0 Å². The number of nitrogens with zero attached hydrogens (tertiary/aromatic N) is 1. The van der Waals surface area contributed by atoms with E-state index in [4.69, 9.17) is 28.9 Å². The van der Waals surface area contributed by atoms with E-state index in [2.05, 4.69) is 10.3 Å². The fourth-order valence-corrected chi connectivity index (χ4v) is 2.67. The molecule has 0 atom stereocenters. The molecule has 4 nitrogen and oxygen atoms in total. The van der Waals surface area contributed by atoms with Crippen LogP contribution in [-0.2, 0) is 0 Å². The molecule has 0 aromatic carbocycles. The zero-order valence-corrected chi connectivity index (χ0v) is 11.6. The van der Waals surface area contributed by atoms with Crippen LogP contribution in [0.5, 0.6) is 0 Å².